The highest BCUT2D eigenvalue weighted by Crippen LogP contribution is 2.65. The Morgan fingerprint density at radius 3 is 1.18 bits per heavy atom. The van der Waals surface area contributed by atoms with Gasteiger partial charge in [-0.1, -0.05) is 131 Å². The lowest BCUT2D eigenvalue weighted by Crippen LogP contribution is -2.55. The highest BCUT2D eigenvalue weighted by atomic mass is 19.2. The van der Waals surface area contributed by atoms with Crippen LogP contribution < -0.4 is 9.80 Å². The summed E-state index contributed by atoms with van der Waals surface area (Å²) in [5.41, 5.74) is 1.42. The van der Waals surface area contributed by atoms with Crippen LogP contribution in [0.1, 0.15) is 90.2 Å². The smallest absolute Gasteiger partial charge is 0.200 e. The largest absolute Gasteiger partial charge is 0.329 e. The highest BCUT2D eigenvalue weighted by Gasteiger charge is 2.61. The van der Waals surface area contributed by atoms with Crippen molar-refractivity contribution in [3.8, 4) is 33.4 Å². The molecule has 0 saturated heterocycles. The Hall–Kier alpha value is -7.86. The summed E-state index contributed by atoms with van der Waals surface area (Å²) in [7, 11) is 0. The maximum Gasteiger partial charge on any atom is 0.200 e. The van der Waals surface area contributed by atoms with Gasteiger partial charge < -0.3 is 9.80 Å². The van der Waals surface area contributed by atoms with Crippen molar-refractivity contribution in [3.05, 3.63) is 203 Å². The molecule has 402 valence electrons. The molecule has 0 bridgehead atoms. The van der Waals surface area contributed by atoms with E-state index >= 15 is 35.1 Å². The molecule has 10 aromatic rings. The molecule has 0 radical (unpaired) electrons. The molecule has 2 saturated carbocycles. The van der Waals surface area contributed by atoms with Crippen LogP contribution in [0.25, 0.3) is 76.5 Å². The Kier molecular flexibility index (Phi) is 10.9. The number of nitrogens with zero attached hydrogens (tertiary/aromatic N) is 2. The quantitative estimate of drug-likeness (QED) is 0.0557. The topological polar surface area (TPSA) is 6.48 Å². The third kappa shape index (κ3) is 6.44. The Labute approximate surface area is 454 Å². The van der Waals surface area contributed by atoms with Crippen LogP contribution in [0, 0.1) is 58.2 Å². The van der Waals surface area contributed by atoms with Gasteiger partial charge in [0.25, 0.3) is 0 Å². The standard InChI is InChI=1S/C68H50F10N2/c1-65-26-12-14-28-67(65,3)79(63-59(75)55(71)53(69)56(72)60(63)76)49-24-22-37(31-47(49)65)51-40-20-10-11-21-41(40)52(46-34-44-42(35-16-6-5-7-17-35)30-36-18-8-9-19-39(36)43(44)33-45(46)51)38-23-25-50-48(32-38)66(2)27-13-15-29-68(66,4)80(50)64-61(77)57(73)54(70)58(74)62(64)78/h5-11,16-25,30-34H,12-15,26-29H2,1-4H3. The van der Waals surface area contributed by atoms with Crippen LogP contribution in [0.5, 0.6) is 0 Å². The maximum absolute atomic E-state index is 16.2. The zero-order chi connectivity index (χ0) is 55.7. The van der Waals surface area contributed by atoms with Crippen molar-refractivity contribution in [2.45, 2.75) is 101 Å². The van der Waals surface area contributed by atoms with E-state index in [0.717, 1.165) is 89.3 Å². The second-order valence-corrected chi connectivity index (χ2v) is 23.3. The Morgan fingerprint density at radius 1 is 0.325 bits per heavy atom. The van der Waals surface area contributed by atoms with E-state index in [-0.39, 0.29) is 0 Å². The Balaban J connectivity index is 1.08. The van der Waals surface area contributed by atoms with E-state index in [1.807, 2.05) is 107 Å². The summed E-state index contributed by atoms with van der Waals surface area (Å²) in [6.45, 7) is 7.73. The average Bonchev–Trinajstić information content (AvgIpc) is 3.73. The monoisotopic (exact) mass is 1080 g/mol. The summed E-state index contributed by atoms with van der Waals surface area (Å²) >= 11 is 0. The molecule has 2 nitrogen and oxygen atoms in total. The number of benzene rings is 10. The molecule has 14 rings (SSSR count). The molecule has 10 aromatic carbocycles. The predicted molar refractivity (Wildman–Crippen MR) is 298 cm³/mol. The van der Waals surface area contributed by atoms with E-state index in [2.05, 4.69) is 42.5 Å². The number of fused-ring (bicyclic) bond motifs is 11. The zero-order valence-electron chi connectivity index (χ0n) is 44.0. The van der Waals surface area contributed by atoms with E-state index in [9.17, 15) is 8.78 Å². The van der Waals surface area contributed by atoms with E-state index in [1.165, 1.54) is 9.80 Å². The van der Waals surface area contributed by atoms with Crippen LogP contribution in [0.3, 0.4) is 0 Å². The van der Waals surface area contributed by atoms with E-state index in [0.29, 0.717) is 61.0 Å². The molecule has 4 atom stereocenters. The number of anilines is 4. The fourth-order valence-electron chi connectivity index (χ4n) is 15.3. The van der Waals surface area contributed by atoms with Crippen molar-refractivity contribution in [1.29, 1.82) is 0 Å². The number of hydrogen-bond acceptors (Lipinski definition) is 2. The molecule has 0 aromatic heterocycles. The molecule has 12 heteroatoms. The molecule has 0 N–H and O–H groups in total. The van der Waals surface area contributed by atoms with Crippen LogP contribution in [0.15, 0.2) is 133 Å². The van der Waals surface area contributed by atoms with Gasteiger partial charge in [-0.05, 0) is 170 Å². The van der Waals surface area contributed by atoms with Gasteiger partial charge >= 0.3 is 0 Å². The molecular weight excluding hydrogens is 1030 g/mol. The van der Waals surface area contributed by atoms with Gasteiger partial charge in [-0.2, -0.15) is 0 Å². The van der Waals surface area contributed by atoms with Crippen LogP contribution in [0.2, 0.25) is 0 Å². The molecule has 4 aliphatic rings. The number of rotatable bonds is 5. The van der Waals surface area contributed by atoms with Crippen molar-refractivity contribution >= 4 is 65.8 Å². The summed E-state index contributed by atoms with van der Waals surface area (Å²) in [5.74, 6) is -20.1. The minimum atomic E-state index is -2.22. The van der Waals surface area contributed by atoms with Crippen molar-refractivity contribution in [2.24, 2.45) is 0 Å². The van der Waals surface area contributed by atoms with Gasteiger partial charge in [-0.25, -0.2) is 43.9 Å². The average molecular weight is 1090 g/mol. The second-order valence-electron chi connectivity index (χ2n) is 23.3. The third-order valence-electron chi connectivity index (χ3n) is 19.7. The minimum absolute atomic E-state index is 0.346. The third-order valence-corrected chi connectivity index (χ3v) is 19.7. The van der Waals surface area contributed by atoms with Gasteiger partial charge in [0.05, 0.1) is 11.1 Å². The van der Waals surface area contributed by atoms with Crippen LogP contribution in [-0.2, 0) is 10.8 Å². The Bertz CT molecular complexity index is 4310. The summed E-state index contributed by atoms with van der Waals surface area (Å²) < 4.78 is 155. The molecule has 2 heterocycles. The molecule has 2 aliphatic heterocycles. The fourth-order valence-corrected chi connectivity index (χ4v) is 15.3. The lowest BCUT2D eigenvalue weighted by molar-refractivity contribution is 0.192. The first-order valence-corrected chi connectivity index (χ1v) is 27.2. The van der Waals surface area contributed by atoms with Crippen molar-refractivity contribution in [1.82, 2.24) is 0 Å². The first-order valence-electron chi connectivity index (χ1n) is 27.2. The summed E-state index contributed by atoms with van der Waals surface area (Å²) in [6, 6.07) is 44.1. The van der Waals surface area contributed by atoms with Gasteiger partial charge in [0.1, 0.15) is 11.4 Å². The lowest BCUT2D eigenvalue weighted by Gasteiger charge is -2.50. The molecule has 2 aliphatic carbocycles. The highest BCUT2D eigenvalue weighted by molar-refractivity contribution is 6.27. The van der Waals surface area contributed by atoms with Crippen LogP contribution >= 0.6 is 0 Å². The fraction of sp³-hybridized carbons (Fsp3) is 0.235. The normalized spacial score (nSPS) is 22.4. The van der Waals surface area contributed by atoms with Gasteiger partial charge in [0, 0.05) is 22.2 Å². The minimum Gasteiger partial charge on any atom is -0.329 e. The summed E-state index contributed by atoms with van der Waals surface area (Å²) in [5, 5.41) is 7.26. The van der Waals surface area contributed by atoms with E-state index in [1.54, 1.807) is 12.1 Å². The summed E-state index contributed by atoms with van der Waals surface area (Å²) in [4.78, 5) is 2.70. The maximum atomic E-state index is 16.2. The molecule has 80 heavy (non-hydrogen) atoms. The predicted octanol–water partition coefficient (Wildman–Crippen LogP) is 20.2. The molecule has 0 amide bonds. The van der Waals surface area contributed by atoms with Crippen molar-refractivity contribution in [3.63, 3.8) is 0 Å². The zero-order valence-corrected chi connectivity index (χ0v) is 44.0. The van der Waals surface area contributed by atoms with E-state index < -0.39 is 91.5 Å². The van der Waals surface area contributed by atoms with Crippen molar-refractivity contribution < 1.29 is 43.9 Å². The Morgan fingerprint density at radius 2 is 0.713 bits per heavy atom. The van der Waals surface area contributed by atoms with Crippen LogP contribution in [-0.4, -0.2) is 11.1 Å². The summed E-state index contributed by atoms with van der Waals surface area (Å²) in [6.07, 6.45) is 4.83. The first kappa shape index (κ1) is 50.4. The van der Waals surface area contributed by atoms with E-state index in [4.69, 9.17) is 0 Å². The van der Waals surface area contributed by atoms with Crippen molar-refractivity contribution in [2.75, 3.05) is 9.80 Å². The molecule has 2 fully saturated rings. The lowest BCUT2D eigenvalue weighted by atomic mass is 9.61. The molecule has 0 spiro atoms. The van der Waals surface area contributed by atoms with Crippen LogP contribution in [0.4, 0.5) is 66.7 Å². The molecule has 4 unspecified atom stereocenters. The number of halogens is 10. The van der Waals surface area contributed by atoms with Gasteiger partial charge in [-0.15, -0.1) is 0 Å². The number of hydrogen-bond donors (Lipinski definition) is 0. The van der Waals surface area contributed by atoms with Gasteiger partial charge in [-0.3, -0.25) is 0 Å². The van der Waals surface area contributed by atoms with Gasteiger partial charge in [0.15, 0.2) is 46.5 Å². The van der Waals surface area contributed by atoms with Gasteiger partial charge in [0.2, 0.25) is 11.6 Å². The SMILES string of the molecule is CC12CCCCC1(C)N(c1c(F)c(F)c(F)c(F)c1F)c1ccc(-c3c4ccccc4c(-c4ccc5c(c4)C4(C)CCCCC4(C)N5c4c(F)c(F)c(F)c(F)c4F)c4cc5c(cc34)c(-c3ccccc3)cc3ccccc35)cc12. The first-order chi connectivity index (χ1) is 38.3. The second kappa shape index (κ2) is 17.3. The molecular formula is C68H50F10N2.